The van der Waals surface area contributed by atoms with E-state index in [1.165, 1.54) is 0 Å². The van der Waals surface area contributed by atoms with Crippen LogP contribution in [-0.2, 0) is 7.05 Å². The van der Waals surface area contributed by atoms with E-state index in [4.69, 9.17) is 0 Å². The topological polar surface area (TPSA) is 85.8 Å². The maximum absolute atomic E-state index is 12.8. The zero-order valence-corrected chi connectivity index (χ0v) is 16.0. The first-order chi connectivity index (χ1) is 13.4. The van der Waals surface area contributed by atoms with E-state index in [9.17, 15) is 9.90 Å². The molecule has 5 rings (SSSR count). The van der Waals surface area contributed by atoms with Gasteiger partial charge >= 0.3 is 0 Å². The Balaban J connectivity index is 1.64. The van der Waals surface area contributed by atoms with Crippen LogP contribution in [0.2, 0.25) is 0 Å². The van der Waals surface area contributed by atoms with Crippen LogP contribution in [0.5, 0.6) is 5.75 Å². The highest BCUT2D eigenvalue weighted by atomic mass is 16.3. The van der Waals surface area contributed by atoms with Crippen LogP contribution in [0.25, 0.3) is 33.2 Å². The number of fused-ring (bicyclic) bond motifs is 2. The highest BCUT2D eigenvalue weighted by Crippen LogP contribution is 2.37. The number of phenolic OH excluding ortho intramolecular Hbond substituents is 1. The molecule has 1 N–H and O–H groups in total. The molecule has 1 fully saturated rings. The number of rotatable bonds is 2. The summed E-state index contributed by atoms with van der Waals surface area (Å²) in [4.78, 5) is 21.8. The minimum atomic E-state index is -0.0518. The molecule has 4 aromatic rings. The Morgan fingerprint density at radius 3 is 2.82 bits per heavy atom. The van der Waals surface area contributed by atoms with Gasteiger partial charge in [0.15, 0.2) is 5.82 Å². The molecule has 0 bridgehead atoms. The van der Waals surface area contributed by atoms with Crippen molar-refractivity contribution in [3.8, 4) is 17.1 Å². The van der Waals surface area contributed by atoms with Crippen molar-refractivity contribution < 1.29 is 5.11 Å². The molecule has 3 aromatic heterocycles. The summed E-state index contributed by atoms with van der Waals surface area (Å²) in [5.74, 6) is 1.18. The van der Waals surface area contributed by atoms with Crippen LogP contribution in [0, 0.1) is 12.8 Å². The van der Waals surface area contributed by atoms with Gasteiger partial charge in [0.25, 0.3) is 5.56 Å². The average molecular weight is 375 g/mol. The van der Waals surface area contributed by atoms with Crippen LogP contribution < -0.4 is 5.56 Å². The van der Waals surface area contributed by atoms with Gasteiger partial charge in [-0.3, -0.25) is 9.48 Å². The zero-order chi connectivity index (χ0) is 19.6. The molecule has 3 heterocycles. The maximum atomic E-state index is 12.8. The fourth-order valence-electron chi connectivity index (χ4n) is 4.16. The van der Waals surface area contributed by atoms with E-state index < -0.39 is 0 Å². The normalized spacial score (nSPS) is 19.2. The SMILES string of the molecule is Cc1c(O)c(-c2ncc3c(=O)n(C4CC(C)C4)ccc3n2)cc2cn(C)nc12. The Kier molecular flexibility index (Phi) is 3.56. The highest BCUT2D eigenvalue weighted by Gasteiger charge is 2.28. The van der Waals surface area contributed by atoms with Gasteiger partial charge in [0.1, 0.15) is 5.75 Å². The number of aromatic nitrogens is 5. The van der Waals surface area contributed by atoms with Crippen molar-refractivity contribution in [1.82, 2.24) is 24.3 Å². The predicted octanol–water partition coefficient (Wildman–Crippen LogP) is 3.33. The number of aromatic hydroxyl groups is 1. The average Bonchev–Trinajstić information content (AvgIpc) is 3.03. The summed E-state index contributed by atoms with van der Waals surface area (Å²) in [6.07, 6.45) is 7.35. The monoisotopic (exact) mass is 375 g/mol. The molecule has 28 heavy (non-hydrogen) atoms. The van der Waals surface area contributed by atoms with Gasteiger partial charge in [-0.25, -0.2) is 9.97 Å². The molecule has 0 saturated heterocycles. The lowest BCUT2D eigenvalue weighted by Gasteiger charge is -2.34. The molecule has 142 valence electrons. The Morgan fingerprint density at radius 1 is 1.29 bits per heavy atom. The summed E-state index contributed by atoms with van der Waals surface area (Å²) in [6, 6.07) is 3.96. The Hall–Kier alpha value is -3.22. The van der Waals surface area contributed by atoms with Crippen LogP contribution in [-0.4, -0.2) is 29.4 Å². The number of nitrogens with zero attached hydrogens (tertiary/aromatic N) is 5. The largest absolute Gasteiger partial charge is 0.507 e. The molecule has 1 aromatic carbocycles. The number of hydrogen-bond donors (Lipinski definition) is 1. The predicted molar refractivity (Wildman–Crippen MR) is 107 cm³/mol. The summed E-state index contributed by atoms with van der Waals surface area (Å²) in [6.45, 7) is 4.03. The van der Waals surface area contributed by atoms with Crippen LogP contribution in [0.15, 0.2) is 35.5 Å². The first-order valence-corrected chi connectivity index (χ1v) is 9.46. The first kappa shape index (κ1) is 16.9. The number of benzene rings is 1. The summed E-state index contributed by atoms with van der Waals surface area (Å²) >= 11 is 0. The zero-order valence-electron chi connectivity index (χ0n) is 16.0. The van der Waals surface area contributed by atoms with Crippen molar-refractivity contribution >= 4 is 21.8 Å². The van der Waals surface area contributed by atoms with E-state index in [-0.39, 0.29) is 17.4 Å². The Morgan fingerprint density at radius 2 is 2.07 bits per heavy atom. The number of phenols is 1. The third kappa shape index (κ3) is 2.42. The van der Waals surface area contributed by atoms with Crippen molar-refractivity contribution in [3.63, 3.8) is 0 Å². The summed E-state index contributed by atoms with van der Waals surface area (Å²) in [5, 5.41) is 16.5. The molecule has 7 nitrogen and oxygen atoms in total. The number of pyridine rings is 1. The summed E-state index contributed by atoms with van der Waals surface area (Å²) in [7, 11) is 1.84. The standard InChI is InChI=1S/C21H21N5O2/c1-11-6-14(7-11)26-5-4-17-16(21(26)28)9-22-20(23-17)15-8-13-10-25(3)24-18(13)12(2)19(15)27/h4-5,8-11,14,27H,6-7H2,1-3H3. The molecular weight excluding hydrogens is 354 g/mol. The molecular formula is C21H21N5O2. The number of hydrogen-bond acceptors (Lipinski definition) is 5. The fraction of sp³-hybridized carbons (Fsp3) is 0.333. The lowest BCUT2D eigenvalue weighted by Crippen LogP contribution is -2.32. The van der Waals surface area contributed by atoms with E-state index in [0.29, 0.717) is 33.8 Å². The van der Waals surface area contributed by atoms with E-state index >= 15 is 0 Å². The maximum Gasteiger partial charge on any atom is 0.261 e. The van der Waals surface area contributed by atoms with Gasteiger partial charge in [0.05, 0.1) is 22.0 Å². The van der Waals surface area contributed by atoms with Crippen molar-refractivity contribution in [3.05, 3.63) is 46.6 Å². The van der Waals surface area contributed by atoms with Crippen LogP contribution in [0.1, 0.15) is 31.4 Å². The Bertz CT molecular complexity index is 1300. The fourth-order valence-corrected chi connectivity index (χ4v) is 4.16. The van der Waals surface area contributed by atoms with Gasteiger partial charge in [0.2, 0.25) is 0 Å². The van der Waals surface area contributed by atoms with Crippen molar-refractivity contribution in [1.29, 1.82) is 0 Å². The van der Waals surface area contributed by atoms with Gasteiger partial charge in [-0.2, -0.15) is 5.10 Å². The molecule has 0 unspecified atom stereocenters. The van der Waals surface area contributed by atoms with Gasteiger partial charge in [-0.05, 0) is 37.8 Å². The second-order valence-electron chi connectivity index (χ2n) is 7.89. The third-order valence-electron chi connectivity index (χ3n) is 5.78. The van der Waals surface area contributed by atoms with E-state index in [2.05, 4.69) is 22.0 Å². The summed E-state index contributed by atoms with van der Waals surface area (Å²) in [5.41, 5.74) is 2.51. The van der Waals surface area contributed by atoms with Crippen LogP contribution in [0.4, 0.5) is 0 Å². The van der Waals surface area contributed by atoms with E-state index in [0.717, 1.165) is 23.7 Å². The van der Waals surface area contributed by atoms with Crippen LogP contribution >= 0.6 is 0 Å². The molecule has 0 spiro atoms. The van der Waals surface area contributed by atoms with Crippen molar-refractivity contribution in [2.24, 2.45) is 13.0 Å². The smallest absolute Gasteiger partial charge is 0.261 e. The molecule has 7 heteroatoms. The van der Waals surface area contributed by atoms with Gasteiger partial charge in [-0.1, -0.05) is 6.92 Å². The minimum Gasteiger partial charge on any atom is -0.507 e. The highest BCUT2D eigenvalue weighted by molar-refractivity contribution is 5.90. The lowest BCUT2D eigenvalue weighted by atomic mass is 9.81. The molecule has 0 radical (unpaired) electrons. The molecule has 0 atom stereocenters. The first-order valence-electron chi connectivity index (χ1n) is 9.46. The van der Waals surface area contributed by atoms with Crippen LogP contribution in [0.3, 0.4) is 0 Å². The second-order valence-corrected chi connectivity index (χ2v) is 7.89. The molecule has 1 aliphatic rings. The molecule has 0 amide bonds. The van der Waals surface area contributed by atoms with Gasteiger partial charge in [-0.15, -0.1) is 0 Å². The molecule has 0 aliphatic heterocycles. The Labute approximate surface area is 161 Å². The second kappa shape index (κ2) is 5.89. The van der Waals surface area contributed by atoms with E-state index in [1.807, 2.05) is 38.5 Å². The molecule has 1 aliphatic carbocycles. The molecule has 1 saturated carbocycles. The van der Waals surface area contributed by atoms with Crippen molar-refractivity contribution in [2.75, 3.05) is 0 Å². The third-order valence-corrected chi connectivity index (χ3v) is 5.78. The van der Waals surface area contributed by atoms with Crippen molar-refractivity contribution in [2.45, 2.75) is 32.7 Å². The van der Waals surface area contributed by atoms with Gasteiger partial charge in [0, 0.05) is 42.6 Å². The number of aryl methyl sites for hydroxylation is 2. The summed E-state index contributed by atoms with van der Waals surface area (Å²) < 4.78 is 3.51. The quantitative estimate of drug-likeness (QED) is 0.581. The van der Waals surface area contributed by atoms with E-state index in [1.54, 1.807) is 15.4 Å². The minimum absolute atomic E-state index is 0.0518. The van der Waals surface area contributed by atoms with Gasteiger partial charge < -0.3 is 9.67 Å². The lowest BCUT2D eigenvalue weighted by molar-refractivity contribution is 0.212.